The maximum Gasteiger partial charge on any atom is 0.227 e. The van der Waals surface area contributed by atoms with Gasteiger partial charge in [-0.3, -0.25) is 9.59 Å². The molecule has 0 aromatic heterocycles. The number of nitrogens with zero attached hydrogens (tertiary/aromatic N) is 1. The molecule has 0 unspecified atom stereocenters. The van der Waals surface area contributed by atoms with Gasteiger partial charge in [0.25, 0.3) is 0 Å². The van der Waals surface area contributed by atoms with E-state index in [9.17, 15) is 22.4 Å². The highest BCUT2D eigenvalue weighted by Gasteiger charge is 2.48. The van der Waals surface area contributed by atoms with E-state index in [-0.39, 0.29) is 34.9 Å². The van der Waals surface area contributed by atoms with Crippen LogP contribution in [0.1, 0.15) is 70.0 Å². The van der Waals surface area contributed by atoms with Gasteiger partial charge in [0.1, 0.15) is 11.6 Å². The van der Waals surface area contributed by atoms with Gasteiger partial charge in [-0.1, -0.05) is 23.7 Å². The van der Waals surface area contributed by atoms with Crippen LogP contribution in [0.3, 0.4) is 0 Å². The fourth-order valence-electron chi connectivity index (χ4n) is 5.35. The second-order valence-corrected chi connectivity index (χ2v) is 15.1. The van der Waals surface area contributed by atoms with E-state index in [0.29, 0.717) is 29.8 Å². The smallest absolute Gasteiger partial charge is 0.227 e. The number of halogens is 2. The number of rotatable bonds is 9. The summed E-state index contributed by atoms with van der Waals surface area (Å²) in [5, 5.41) is 2.84. The number of likely N-dealkylation sites (tertiary alicyclic amines) is 1. The molecule has 3 atom stereocenters. The lowest BCUT2D eigenvalue weighted by atomic mass is 9.84. The molecular formula is C30H38ClFN2O5S. The summed E-state index contributed by atoms with van der Waals surface area (Å²) in [4.78, 5) is 28.8. The number of nitrogens with one attached hydrogen (secondary N) is 1. The molecule has 2 aromatic rings. The lowest BCUT2D eigenvalue weighted by Gasteiger charge is -2.45. The Hall–Kier alpha value is -2.65. The van der Waals surface area contributed by atoms with Crippen molar-refractivity contribution >= 4 is 38.9 Å². The van der Waals surface area contributed by atoms with Gasteiger partial charge in [0.15, 0.2) is 9.84 Å². The fourth-order valence-corrected chi connectivity index (χ4v) is 6.85. The third-order valence-corrected chi connectivity index (χ3v) is 11.0. The van der Waals surface area contributed by atoms with E-state index in [1.54, 1.807) is 51.0 Å². The number of hydrogen-bond acceptors (Lipinski definition) is 5. The zero-order valence-corrected chi connectivity index (χ0v) is 25.2. The number of piperidine rings is 1. The quantitative estimate of drug-likeness (QED) is 0.380. The Morgan fingerprint density at radius 1 is 1.15 bits per heavy atom. The van der Waals surface area contributed by atoms with Crippen molar-refractivity contribution in [2.24, 2.45) is 11.8 Å². The van der Waals surface area contributed by atoms with Crippen molar-refractivity contribution in [3.05, 3.63) is 58.4 Å². The SMILES string of the molecule is COc1cc(NC(=O)C[C@H]2CC[C@@H](c3ccc(Cl)c(F)c3)N([C@H](CS(=O)(=O)C(C)(C)C)C3CC3)C2=O)ccc1C. The van der Waals surface area contributed by atoms with Crippen molar-refractivity contribution in [1.29, 1.82) is 0 Å². The number of amides is 2. The largest absolute Gasteiger partial charge is 0.496 e. The molecule has 4 rings (SSSR count). The third-order valence-electron chi connectivity index (χ3n) is 8.03. The minimum Gasteiger partial charge on any atom is -0.496 e. The van der Waals surface area contributed by atoms with Crippen LogP contribution in [0.5, 0.6) is 5.75 Å². The Bertz CT molecular complexity index is 1390. The molecule has 2 aliphatic rings. The zero-order chi connectivity index (χ0) is 29.4. The van der Waals surface area contributed by atoms with Crippen LogP contribution < -0.4 is 10.1 Å². The summed E-state index contributed by atoms with van der Waals surface area (Å²) in [5.74, 6) is -1.31. The summed E-state index contributed by atoms with van der Waals surface area (Å²) < 4.78 is 45.5. The van der Waals surface area contributed by atoms with Crippen LogP contribution >= 0.6 is 11.6 Å². The number of benzene rings is 2. The summed E-state index contributed by atoms with van der Waals surface area (Å²) in [5.41, 5.74) is 2.07. The molecule has 7 nitrogen and oxygen atoms in total. The molecule has 1 N–H and O–H groups in total. The minimum atomic E-state index is -3.57. The highest BCUT2D eigenvalue weighted by molar-refractivity contribution is 7.92. The van der Waals surface area contributed by atoms with Gasteiger partial charge in [0, 0.05) is 30.1 Å². The molecule has 40 heavy (non-hydrogen) atoms. The topological polar surface area (TPSA) is 92.8 Å². The molecule has 2 aromatic carbocycles. The number of aryl methyl sites for hydroxylation is 1. The molecule has 1 aliphatic carbocycles. The first-order valence-corrected chi connectivity index (χ1v) is 15.7. The van der Waals surface area contributed by atoms with Crippen LogP contribution in [0.4, 0.5) is 10.1 Å². The van der Waals surface area contributed by atoms with E-state index < -0.39 is 38.4 Å². The van der Waals surface area contributed by atoms with Crippen molar-refractivity contribution in [3.8, 4) is 5.75 Å². The van der Waals surface area contributed by atoms with E-state index in [2.05, 4.69) is 5.32 Å². The molecule has 0 spiro atoms. The first kappa shape index (κ1) is 30.3. The van der Waals surface area contributed by atoms with E-state index in [1.165, 1.54) is 12.1 Å². The normalized spacial score (nSPS) is 20.8. The number of carbonyl (C=O) groups excluding carboxylic acids is 2. The first-order chi connectivity index (χ1) is 18.7. The maximum absolute atomic E-state index is 14.5. The second kappa shape index (κ2) is 11.7. The predicted octanol–water partition coefficient (Wildman–Crippen LogP) is 6.10. The fraction of sp³-hybridized carbons (Fsp3) is 0.533. The van der Waals surface area contributed by atoms with E-state index >= 15 is 0 Å². The van der Waals surface area contributed by atoms with Crippen LogP contribution in [0.25, 0.3) is 0 Å². The van der Waals surface area contributed by atoms with Crippen LogP contribution in [0.2, 0.25) is 5.02 Å². The molecule has 2 fully saturated rings. The van der Waals surface area contributed by atoms with Crippen LogP contribution in [-0.2, 0) is 19.4 Å². The molecule has 1 aliphatic heterocycles. The molecule has 2 amide bonds. The van der Waals surface area contributed by atoms with Gasteiger partial charge in [-0.2, -0.15) is 0 Å². The Morgan fingerprint density at radius 2 is 1.85 bits per heavy atom. The molecule has 10 heteroatoms. The number of ether oxygens (including phenoxy) is 1. The molecular weight excluding hydrogens is 555 g/mol. The molecule has 0 radical (unpaired) electrons. The minimum absolute atomic E-state index is 0.0197. The number of hydrogen-bond donors (Lipinski definition) is 1. The molecule has 1 saturated heterocycles. The summed E-state index contributed by atoms with van der Waals surface area (Å²) in [6.07, 6.45) is 2.48. The summed E-state index contributed by atoms with van der Waals surface area (Å²) >= 11 is 5.93. The van der Waals surface area contributed by atoms with Gasteiger partial charge in [0.05, 0.1) is 28.7 Å². The highest BCUT2D eigenvalue weighted by atomic mass is 35.5. The van der Waals surface area contributed by atoms with Gasteiger partial charge in [-0.25, -0.2) is 12.8 Å². The second-order valence-electron chi connectivity index (χ2n) is 11.9. The molecule has 218 valence electrons. The monoisotopic (exact) mass is 592 g/mol. The summed E-state index contributed by atoms with van der Waals surface area (Å²) in [6.45, 7) is 6.87. The predicted molar refractivity (Wildman–Crippen MR) is 155 cm³/mol. The highest BCUT2D eigenvalue weighted by Crippen LogP contribution is 2.45. The number of sulfone groups is 1. The molecule has 0 bridgehead atoms. The van der Waals surface area contributed by atoms with Gasteiger partial charge < -0.3 is 15.0 Å². The number of anilines is 1. The van der Waals surface area contributed by atoms with Gasteiger partial charge in [-0.15, -0.1) is 0 Å². The van der Waals surface area contributed by atoms with Crippen LogP contribution in [0, 0.1) is 24.6 Å². The van der Waals surface area contributed by atoms with Crippen molar-refractivity contribution in [2.75, 3.05) is 18.2 Å². The third kappa shape index (κ3) is 6.62. The van der Waals surface area contributed by atoms with Crippen molar-refractivity contribution in [2.45, 2.75) is 76.6 Å². The lowest BCUT2D eigenvalue weighted by molar-refractivity contribution is -0.147. The maximum atomic E-state index is 14.5. The van der Waals surface area contributed by atoms with Crippen molar-refractivity contribution < 1.29 is 27.1 Å². The molecule has 1 heterocycles. The van der Waals surface area contributed by atoms with Crippen molar-refractivity contribution in [1.82, 2.24) is 4.90 Å². The standard InChI is InChI=1S/C30H38ClFN2O5S/c1-18-6-11-22(16-27(18)39-5)33-28(35)15-21-10-13-25(20-9-12-23(31)24(32)14-20)34(29(21)36)26(19-7-8-19)17-40(37,38)30(2,3)4/h6,9,11-12,14,16,19,21,25-26H,7-8,10,13,15,17H2,1-5H3,(H,33,35)/t21-,25+,26-/m1/s1. The van der Waals surface area contributed by atoms with Crippen LogP contribution in [0.15, 0.2) is 36.4 Å². The number of carbonyl (C=O) groups is 2. The van der Waals surface area contributed by atoms with Crippen LogP contribution in [-0.4, -0.2) is 48.8 Å². The van der Waals surface area contributed by atoms with E-state index in [4.69, 9.17) is 16.3 Å². The van der Waals surface area contributed by atoms with Crippen molar-refractivity contribution in [3.63, 3.8) is 0 Å². The Morgan fingerprint density at radius 3 is 2.45 bits per heavy atom. The summed E-state index contributed by atoms with van der Waals surface area (Å²) in [7, 11) is -2.01. The number of methoxy groups -OCH3 is 1. The van der Waals surface area contributed by atoms with E-state index in [1.807, 2.05) is 13.0 Å². The summed E-state index contributed by atoms with van der Waals surface area (Å²) in [6, 6.07) is 8.75. The Balaban J connectivity index is 1.62. The average molecular weight is 593 g/mol. The zero-order valence-electron chi connectivity index (χ0n) is 23.7. The Labute approximate surface area is 241 Å². The van der Waals surface area contributed by atoms with E-state index in [0.717, 1.165) is 18.4 Å². The first-order valence-electron chi connectivity index (χ1n) is 13.7. The lowest BCUT2D eigenvalue weighted by Crippen LogP contribution is -2.53. The Kier molecular flexibility index (Phi) is 8.85. The van der Waals surface area contributed by atoms with Gasteiger partial charge in [-0.05, 0) is 88.6 Å². The average Bonchev–Trinajstić information content (AvgIpc) is 3.71. The molecule has 1 saturated carbocycles. The van der Waals surface area contributed by atoms with Gasteiger partial charge >= 0.3 is 0 Å². The van der Waals surface area contributed by atoms with Gasteiger partial charge in [0.2, 0.25) is 11.8 Å².